The summed E-state index contributed by atoms with van der Waals surface area (Å²) in [4.78, 5) is 0. The van der Waals surface area contributed by atoms with Crippen LogP contribution in [-0.2, 0) is 0 Å². The highest BCUT2D eigenvalue weighted by Gasteiger charge is 2.46. The first kappa shape index (κ1) is 12.5. The van der Waals surface area contributed by atoms with Crippen LogP contribution in [0.3, 0.4) is 0 Å². The quantitative estimate of drug-likeness (QED) is 0.760. The lowest BCUT2D eigenvalue weighted by Crippen LogP contribution is -2.49. The first-order chi connectivity index (χ1) is 6.91. The van der Waals surface area contributed by atoms with Crippen molar-refractivity contribution in [3.8, 4) is 6.07 Å². The molecule has 86 valence electrons. The number of hydrogen-bond acceptors (Lipinski definition) is 2. The van der Waals surface area contributed by atoms with Gasteiger partial charge >= 0.3 is 0 Å². The molecule has 1 aliphatic carbocycles. The van der Waals surface area contributed by atoms with Crippen molar-refractivity contribution in [2.24, 2.45) is 23.7 Å². The molecule has 0 spiro atoms. The van der Waals surface area contributed by atoms with E-state index in [1.807, 2.05) is 6.92 Å². The Hall–Kier alpha value is -0.550. The molecule has 2 unspecified atom stereocenters. The molecule has 2 nitrogen and oxygen atoms in total. The zero-order valence-electron chi connectivity index (χ0n) is 10.3. The molecule has 2 heteroatoms. The lowest BCUT2D eigenvalue weighted by atomic mass is 9.63. The van der Waals surface area contributed by atoms with Crippen LogP contribution in [0.1, 0.15) is 47.0 Å². The van der Waals surface area contributed by atoms with E-state index in [9.17, 15) is 5.11 Å². The van der Waals surface area contributed by atoms with Gasteiger partial charge in [0.2, 0.25) is 0 Å². The molecular formula is C13H23NO. The molecule has 1 N–H and O–H groups in total. The number of aliphatic hydroxyl groups is 1. The monoisotopic (exact) mass is 209 g/mol. The van der Waals surface area contributed by atoms with Crippen LogP contribution in [0.2, 0.25) is 0 Å². The molecule has 0 saturated heterocycles. The molecule has 0 amide bonds. The van der Waals surface area contributed by atoms with Crippen molar-refractivity contribution < 1.29 is 5.11 Å². The van der Waals surface area contributed by atoms with Gasteiger partial charge in [-0.05, 0) is 37.5 Å². The van der Waals surface area contributed by atoms with Gasteiger partial charge in [0.25, 0.3) is 0 Å². The summed E-state index contributed by atoms with van der Waals surface area (Å²) in [5.41, 5.74) is -0.763. The minimum Gasteiger partial charge on any atom is -0.388 e. The summed E-state index contributed by atoms with van der Waals surface area (Å²) in [6.07, 6.45) is 3.02. The Kier molecular flexibility index (Phi) is 3.78. The summed E-state index contributed by atoms with van der Waals surface area (Å²) in [7, 11) is 0. The maximum Gasteiger partial charge on any atom is 0.0835 e. The first-order valence-corrected chi connectivity index (χ1v) is 6.03. The third-order valence-corrected chi connectivity index (χ3v) is 4.04. The number of rotatable bonds is 2. The van der Waals surface area contributed by atoms with Crippen molar-refractivity contribution >= 4 is 0 Å². The lowest BCUT2D eigenvalue weighted by Gasteiger charge is -2.46. The van der Waals surface area contributed by atoms with Crippen LogP contribution in [0.5, 0.6) is 0 Å². The van der Waals surface area contributed by atoms with Crippen molar-refractivity contribution in [1.82, 2.24) is 0 Å². The molecule has 0 heterocycles. The van der Waals surface area contributed by atoms with E-state index >= 15 is 0 Å². The smallest absolute Gasteiger partial charge is 0.0835 e. The maximum absolute atomic E-state index is 10.7. The van der Waals surface area contributed by atoms with Gasteiger partial charge < -0.3 is 5.11 Å². The van der Waals surface area contributed by atoms with Crippen LogP contribution in [-0.4, -0.2) is 10.7 Å². The van der Waals surface area contributed by atoms with Gasteiger partial charge in [-0.25, -0.2) is 0 Å². The third-order valence-electron chi connectivity index (χ3n) is 4.04. The zero-order chi connectivity index (χ0) is 11.6. The number of nitrogens with zero attached hydrogens (tertiary/aromatic N) is 1. The molecule has 1 saturated carbocycles. The number of nitriles is 1. The summed E-state index contributed by atoms with van der Waals surface area (Å²) in [5.74, 6) is 1.02. The molecule has 0 radical (unpaired) electrons. The predicted octanol–water partition coefficient (Wildman–Crippen LogP) is 2.97. The van der Waals surface area contributed by atoms with Crippen LogP contribution in [0, 0.1) is 35.0 Å². The molecule has 15 heavy (non-hydrogen) atoms. The fourth-order valence-corrected chi connectivity index (χ4v) is 3.05. The SMILES string of the molecule is CC(C)[C@@H]1CC[C@@H](C)CC1(O)C(C)C#N. The summed E-state index contributed by atoms with van der Waals surface area (Å²) in [6, 6.07) is 2.23. The van der Waals surface area contributed by atoms with Gasteiger partial charge in [-0.15, -0.1) is 0 Å². The van der Waals surface area contributed by atoms with E-state index in [1.54, 1.807) is 0 Å². The van der Waals surface area contributed by atoms with E-state index in [1.165, 1.54) is 6.42 Å². The molecule has 0 aliphatic heterocycles. The second kappa shape index (κ2) is 4.53. The second-order valence-electron chi connectivity index (χ2n) is 5.58. The highest BCUT2D eigenvalue weighted by molar-refractivity contribution is 5.03. The second-order valence-corrected chi connectivity index (χ2v) is 5.58. The van der Waals surface area contributed by atoms with Crippen LogP contribution in [0.15, 0.2) is 0 Å². The minimum absolute atomic E-state index is 0.257. The molecule has 0 aromatic heterocycles. The lowest BCUT2D eigenvalue weighted by molar-refractivity contribution is -0.103. The van der Waals surface area contributed by atoms with E-state index in [0.29, 0.717) is 11.8 Å². The Bertz CT molecular complexity index is 256. The summed E-state index contributed by atoms with van der Waals surface area (Å²) in [5, 5.41) is 19.7. The predicted molar refractivity (Wildman–Crippen MR) is 61.1 cm³/mol. The van der Waals surface area contributed by atoms with E-state index in [0.717, 1.165) is 12.8 Å². The molecule has 0 aromatic carbocycles. The Balaban J connectivity index is 2.92. The molecular weight excluding hydrogens is 186 g/mol. The average Bonchev–Trinajstić information content (AvgIpc) is 2.15. The zero-order valence-corrected chi connectivity index (χ0v) is 10.3. The van der Waals surface area contributed by atoms with Crippen molar-refractivity contribution in [3.63, 3.8) is 0 Å². The standard InChI is InChI=1S/C13H23NO/c1-9(2)12-6-5-10(3)7-13(12,15)11(4)8-14/h9-12,15H,5-7H2,1-4H3/t10-,11?,12+,13?/m1/s1. The van der Waals surface area contributed by atoms with Gasteiger partial charge in [-0.1, -0.05) is 27.2 Å². The molecule has 0 bridgehead atoms. The van der Waals surface area contributed by atoms with Crippen molar-refractivity contribution in [2.45, 2.75) is 52.6 Å². The average molecular weight is 209 g/mol. The van der Waals surface area contributed by atoms with Crippen molar-refractivity contribution in [2.75, 3.05) is 0 Å². The highest BCUT2D eigenvalue weighted by Crippen LogP contribution is 2.44. The van der Waals surface area contributed by atoms with Crippen molar-refractivity contribution in [3.05, 3.63) is 0 Å². The van der Waals surface area contributed by atoms with Crippen LogP contribution in [0.4, 0.5) is 0 Å². The molecule has 1 rings (SSSR count). The Morgan fingerprint density at radius 3 is 2.40 bits per heavy atom. The Labute approximate surface area is 93.3 Å². The summed E-state index contributed by atoms with van der Waals surface area (Å²) in [6.45, 7) is 8.32. The minimum atomic E-state index is -0.763. The maximum atomic E-state index is 10.7. The van der Waals surface area contributed by atoms with Gasteiger partial charge in [0.1, 0.15) is 0 Å². The summed E-state index contributed by atoms with van der Waals surface area (Å²) >= 11 is 0. The summed E-state index contributed by atoms with van der Waals surface area (Å²) < 4.78 is 0. The highest BCUT2D eigenvalue weighted by atomic mass is 16.3. The van der Waals surface area contributed by atoms with Gasteiger partial charge in [-0.3, -0.25) is 0 Å². The van der Waals surface area contributed by atoms with Gasteiger partial charge in [-0.2, -0.15) is 5.26 Å². The Morgan fingerprint density at radius 1 is 1.33 bits per heavy atom. The molecule has 1 fully saturated rings. The third kappa shape index (κ3) is 2.34. The normalized spacial score (nSPS) is 38.7. The fourth-order valence-electron chi connectivity index (χ4n) is 3.05. The number of hydrogen-bond donors (Lipinski definition) is 1. The molecule has 0 aromatic rings. The first-order valence-electron chi connectivity index (χ1n) is 6.03. The topological polar surface area (TPSA) is 44.0 Å². The van der Waals surface area contributed by atoms with Crippen molar-refractivity contribution in [1.29, 1.82) is 5.26 Å². The van der Waals surface area contributed by atoms with Crippen LogP contribution in [0.25, 0.3) is 0 Å². The van der Waals surface area contributed by atoms with E-state index in [-0.39, 0.29) is 11.8 Å². The fraction of sp³-hybridized carbons (Fsp3) is 0.923. The van der Waals surface area contributed by atoms with Crippen LogP contribution >= 0.6 is 0 Å². The van der Waals surface area contributed by atoms with E-state index in [2.05, 4.69) is 26.8 Å². The molecule has 1 aliphatic rings. The largest absolute Gasteiger partial charge is 0.388 e. The molecule has 4 atom stereocenters. The van der Waals surface area contributed by atoms with Gasteiger partial charge in [0.15, 0.2) is 0 Å². The van der Waals surface area contributed by atoms with Gasteiger partial charge in [0.05, 0.1) is 17.6 Å². The van der Waals surface area contributed by atoms with Crippen LogP contribution < -0.4 is 0 Å². The Morgan fingerprint density at radius 2 is 1.93 bits per heavy atom. The van der Waals surface area contributed by atoms with E-state index < -0.39 is 5.60 Å². The van der Waals surface area contributed by atoms with E-state index in [4.69, 9.17) is 5.26 Å². The van der Waals surface area contributed by atoms with Gasteiger partial charge in [0, 0.05) is 0 Å².